The summed E-state index contributed by atoms with van der Waals surface area (Å²) in [5.74, 6) is 0.546. The molecule has 3 rings (SSSR count). The molecule has 0 amide bonds. The molecule has 0 aliphatic carbocycles. The fourth-order valence-electron chi connectivity index (χ4n) is 2.65. The Morgan fingerprint density at radius 3 is 2.56 bits per heavy atom. The average molecular weight is 365 g/mol. The third-order valence-electron chi connectivity index (χ3n) is 4.04. The lowest BCUT2D eigenvalue weighted by atomic mass is 10.1. The second kappa shape index (κ2) is 9.52. The predicted octanol–water partition coefficient (Wildman–Crippen LogP) is 3.31. The Kier molecular flexibility index (Phi) is 6.57. The largest absolute Gasteiger partial charge is 0.357 e. The first kappa shape index (κ1) is 18.6. The molecule has 0 fully saturated rings. The van der Waals surface area contributed by atoms with Crippen molar-refractivity contribution < 1.29 is 4.39 Å². The number of nitrogens with one attached hydrogen (secondary N) is 2. The molecule has 2 aromatic carbocycles. The van der Waals surface area contributed by atoms with Gasteiger partial charge in [0, 0.05) is 24.8 Å². The number of guanidine groups is 1. The minimum Gasteiger partial charge on any atom is -0.357 e. The predicted molar refractivity (Wildman–Crippen MR) is 106 cm³/mol. The Hall–Kier alpha value is -3.15. The maximum atomic E-state index is 13.0. The van der Waals surface area contributed by atoms with Gasteiger partial charge in [-0.2, -0.15) is 5.10 Å². The Morgan fingerprint density at radius 1 is 1.04 bits per heavy atom. The van der Waals surface area contributed by atoms with Gasteiger partial charge in [-0.1, -0.05) is 30.3 Å². The van der Waals surface area contributed by atoms with Crippen molar-refractivity contribution in [2.75, 3.05) is 13.1 Å². The van der Waals surface area contributed by atoms with Crippen molar-refractivity contribution in [2.45, 2.75) is 19.9 Å². The fraction of sp³-hybridized carbons (Fsp3) is 0.238. The van der Waals surface area contributed by atoms with Crippen molar-refractivity contribution in [3.05, 3.63) is 83.9 Å². The van der Waals surface area contributed by atoms with Crippen molar-refractivity contribution in [1.29, 1.82) is 0 Å². The van der Waals surface area contributed by atoms with Gasteiger partial charge in [-0.25, -0.2) is 14.1 Å². The lowest BCUT2D eigenvalue weighted by Crippen LogP contribution is -2.38. The highest BCUT2D eigenvalue weighted by Crippen LogP contribution is 2.08. The van der Waals surface area contributed by atoms with Gasteiger partial charge in [0.1, 0.15) is 5.82 Å². The summed E-state index contributed by atoms with van der Waals surface area (Å²) in [6, 6.07) is 16.6. The monoisotopic (exact) mass is 365 g/mol. The van der Waals surface area contributed by atoms with E-state index < -0.39 is 0 Å². The molecule has 3 aromatic rings. The molecule has 5 nitrogen and oxygen atoms in total. The lowest BCUT2D eigenvalue weighted by Gasteiger charge is -2.11. The van der Waals surface area contributed by atoms with Gasteiger partial charge in [0.2, 0.25) is 0 Å². The van der Waals surface area contributed by atoms with Gasteiger partial charge in [-0.05, 0) is 43.2 Å². The first-order valence-corrected chi connectivity index (χ1v) is 9.10. The average Bonchev–Trinajstić information content (AvgIpc) is 3.17. The minimum atomic E-state index is -0.211. The van der Waals surface area contributed by atoms with Gasteiger partial charge in [0.05, 0.1) is 18.4 Å². The van der Waals surface area contributed by atoms with Crippen LogP contribution in [-0.4, -0.2) is 28.8 Å². The standard InChI is InChI=1S/C21H24FN5/c1-2-23-21(24-13-12-17-8-10-19(22)11-9-17)25-14-18-15-26-27(16-18)20-6-4-3-5-7-20/h3-11,15-16H,2,12-14H2,1H3,(H2,23,24,25). The number of para-hydroxylation sites is 1. The minimum absolute atomic E-state index is 0.211. The maximum Gasteiger partial charge on any atom is 0.191 e. The van der Waals surface area contributed by atoms with Crippen LogP contribution in [0.2, 0.25) is 0 Å². The van der Waals surface area contributed by atoms with E-state index in [0.29, 0.717) is 6.54 Å². The maximum absolute atomic E-state index is 13.0. The summed E-state index contributed by atoms with van der Waals surface area (Å²) >= 11 is 0. The Morgan fingerprint density at radius 2 is 1.81 bits per heavy atom. The van der Waals surface area contributed by atoms with Crippen molar-refractivity contribution in [1.82, 2.24) is 20.4 Å². The highest BCUT2D eigenvalue weighted by molar-refractivity contribution is 5.79. The van der Waals surface area contributed by atoms with Crippen LogP contribution in [0.4, 0.5) is 4.39 Å². The summed E-state index contributed by atoms with van der Waals surface area (Å²) in [5, 5.41) is 10.9. The van der Waals surface area contributed by atoms with Crippen LogP contribution >= 0.6 is 0 Å². The Bertz CT molecular complexity index is 856. The highest BCUT2D eigenvalue weighted by atomic mass is 19.1. The molecule has 0 spiro atoms. The van der Waals surface area contributed by atoms with E-state index in [2.05, 4.69) is 20.7 Å². The number of benzene rings is 2. The number of hydrogen-bond acceptors (Lipinski definition) is 2. The molecule has 1 heterocycles. The van der Waals surface area contributed by atoms with E-state index in [1.54, 1.807) is 12.1 Å². The summed E-state index contributed by atoms with van der Waals surface area (Å²) in [5.41, 5.74) is 3.15. The van der Waals surface area contributed by atoms with E-state index >= 15 is 0 Å². The molecule has 2 N–H and O–H groups in total. The van der Waals surface area contributed by atoms with Crippen molar-refractivity contribution in [3.63, 3.8) is 0 Å². The number of nitrogens with zero attached hydrogens (tertiary/aromatic N) is 3. The molecule has 1 aromatic heterocycles. The molecule has 0 saturated carbocycles. The van der Waals surface area contributed by atoms with Crippen LogP contribution in [-0.2, 0) is 13.0 Å². The lowest BCUT2D eigenvalue weighted by molar-refractivity contribution is 0.626. The van der Waals surface area contributed by atoms with Crippen molar-refractivity contribution in [3.8, 4) is 5.69 Å². The molecule has 0 aliphatic rings. The molecule has 0 saturated heterocycles. The molecular formula is C21H24FN5. The zero-order valence-corrected chi connectivity index (χ0v) is 15.4. The highest BCUT2D eigenvalue weighted by Gasteiger charge is 2.02. The zero-order valence-electron chi connectivity index (χ0n) is 15.4. The summed E-state index contributed by atoms with van der Waals surface area (Å²) in [6.07, 6.45) is 4.62. The second-order valence-corrected chi connectivity index (χ2v) is 6.13. The quantitative estimate of drug-likeness (QED) is 0.499. The molecule has 140 valence electrons. The zero-order chi connectivity index (χ0) is 18.9. The number of aromatic nitrogens is 2. The number of halogens is 1. The van der Waals surface area contributed by atoms with Crippen LogP contribution in [0.3, 0.4) is 0 Å². The first-order valence-electron chi connectivity index (χ1n) is 9.10. The third-order valence-corrected chi connectivity index (χ3v) is 4.04. The van der Waals surface area contributed by atoms with Gasteiger partial charge >= 0.3 is 0 Å². The first-order chi connectivity index (χ1) is 13.2. The van der Waals surface area contributed by atoms with Crippen LogP contribution in [0.15, 0.2) is 72.0 Å². The summed E-state index contributed by atoms with van der Waals surface area (Å²) < 4.78 is 14.8. The third kappa shape index (κ3) is 5.67. The molecule has 0 atom stereocenters. The van der Waals surface area contributed by atoms with E-state index in [9.17, 15) is 4.39 Å². The smallest absolute Gasteiger partial charge is 0.191 e. The summed E-state index contributed by atoms with van der Waals surface area (Å²) in [4.78, 5) is 4.62. The number of aliphatic imine (C=N–C) groups is 1. The Balaban J connectivity index is 1.55. The van der Waals surface area contributed by atoms with E-state index in [1.807, 2.05) is 54.3 Å². The molecule has 0 aliphatic heterocycles. The van der Waals surface area contributed by atoms with Gasteiger partial charge in [-0.15, -0.1) is 0 Å². The van der Waals surface area contributed by atoms with Crippen LogP contribution in [0.25, 0.3) is 5.69 Å². The van der Waals surface area contributed by atoms with Gasteiger partial charge in [0.25, 0.3) is 0 Å². The van der Waals surface area contributed by atoms with E-state index in [-0.39, 0.29) is 5.82 Å². The van der Waals surface area contributed by atoms with Crippen LogP contribution in [0.5, 0.6) is 0 Å². The van der Waals surface area contributed by atoms with E-state index in [4.69, 9.17) is 0 Å². The van der Waals surface area contributed by atoms with E-state index in [0.717, 1.165) is 42.3 Å². The number of rotatable bonds is 7. The van der Waals surface area contributed by atoms with Crippen molar-refractivity contribution in [2.24, 2.45) is 4.99 Å². The molecule has 27 heavy (non-hydrogen) atoms. The van der Waals surface area contributed by atoms with Crippen LogP contribution < -0.4 is 10.6 Å². The SMILES string of the molecule is CCNC(=NCc1cnn(-c2ccccc2)c1)NCCc1ccc(F)cc1. The molecular weight excluding hydrogens is 341 g/mol. The van der Waals surface area contributed by atoms with Crippen molar-refractivity contribution >= 4 is 5.96 Å². The van der Waals surface area contributed by atoms with Crippen LogP contribution in [0, 0.1) is 5.82 Å². The fourth-order valence-corrected chi connectivity index (χ4v) is 2.65. The van der Waals surface area contributed by atoms with Gasteiger partial charge in [0.15, 0.2) is 5.96 Å². The second-order valence-electron chi connectivity index (χ2n) is 6.13. The Labute approximate surface area is 159 Å². The molecule has 6 heteroatoms. The number of hydrogen-bond donors (Lipinski definition) is 2. The van der Waals surface area contributed by atoms with Gasteiger partial charge in [-0.3, -0.25) is 0 Å². The molecule has 0 radical (unpaired) electrons. The molecule has 0 unspecified atom stereocenters. The summed E-state index contributed by atoms with van der Waals surface area (Å²) in [6.45, 7) is 4.08. The molecule has 0 bridgehead atoms. The summed E-state index contributed by atoms with van der Waals surface area (Å²) in [7, 11) is 0. The van der Waals surface area contributed by atoms with Gasteiger partial charge < -0.3 is 10.6 Å². The topological polar surface area (TPSA) is 54.2 Å². The van der Waals surface area contributed by atoms with Crippen LogP contribution in [0.1, 0.15) is 18.1 Å². The normalized spacial score (nSPS) is 11.4. The van der Waals surface area contributed by atoms with E-state index in [1.165, 1.54) is 12.1 Å².